The van der Waals surface area contributed by atoms with E-state index < -0.39 is 59.5 Å². The van der Waals surface area contributed by atoms with Crippen molar-refractivity contribution in [2.24, 2.45) is 16.1 Å². The summed E-state index contributed by atoms with van der Waals surface area (Å²) in [4.78, 5) is 53.1. The van der Waals surface area contributed by atoms with Crippen molar-refractivity contribution in [2.75, 3.05) is 20.8 Å². The zero-order valence-corrected chi connectivity index (χ0v) is 28.5. The number of thioether (sulfide) groups is 1. The second-order valence-corrected chi connectivity index (χ2v) is 12.7. The van der Waals surface area contributed by atoms with Crippen LogP contribution in [0.2, 0.25) is 0 Å². The SMILES string of the molecule is COc1ccc(N=NC2=C(N(C)Cc3ccccc3)S[C@@]3(c4ccccc4)C(=O)O[C@@H]([C@H](OC(C)=O)[C@@H](COC(C)=O)OC(C)=O)C23)cc1. The van der Waals surface area contributed by atoms with E-state index in [1.807, 2.05) is 72.6 Å². The van der Waals surface area contributed by atoms with Crippen molar-refractivity contribution in [2.45, 2.75) is 50.4 Å². The summed E-state index contributed by atoms with van der Waals surface area (Å²) in [5.41, 5.74) is 2.56. The molecule has 2 aliphatic rings. The summed E-state index contributed by atoms with van der Waals surface area (Å²) in [6.45, 7) is 3.58. The van der Waals surface area contributed by atoms with Gasteiger partial charge in [0.1, 0.15) is 18.1 Å². The largest absolute Gasteiger partial charge is 0.497 e. The van der Waals surface area contributed by atoms with Crippen LogP contribution in [0.1, 0.15) is 31.9 Å². The minimum Gasteiger partial charge on any atom is -0.497 e. The number of carbonyl (C=O) groups is 4. The smallest absolute Gasteiger partial charge is 0.328 e. The molecule has 0 aliphatic carbocycles. The van der Waals surface area contributed by atoms with Crippen molar-refractivity contribution < 1.29 is 42.9 Å². The van der Waals surface area contributed by atoms with E-state index in [4.69, 9.17) is 28.8 Å². The first-order valence-electron chi connectivity index (χ1n) is 15.5. The van der Waals surface area contributed by atoms with Crippen LogP contribution in [0, 0.1) is 5.92 Å². The highest BCUT2D eigenvalue weighted by molar-refractivity contribution is 8.04. The number of ether oxygens (including phenoxy) is 5. The standard InChI is InChI=1S/C36H37N3O9S/c1-22(40)45-21-29(46-23(2)41)32(47-24(3)42)33-30-31(38-37-27-16-18-28(44-5)19-17-27)34(39(4)20-25-12-8-6-9-13-25)49-36(30,35(43)48-33)26-14-10-7-11-15-26/h6-19,29-30,32-33H,20-21H2,1-5H3/t29-,30?,32-,33-,36-/m1/s1. The van der Waals surface area contributed by atoms with Crippen LogP contribution in [0.15, 0.2) is 106 Å². The highest BCUT2D eigenvalue weighted by Crippen LogP contribution is 2.63. The number of rotatable bonds is 13. The van der Waals surface area contributed by atoms with E-state index in [0.717, 1.165) is 5.56 Å². The Kier molecular flexibility index (Phi) is 11.0. The van der Waals surface area contributed by atoms with Gasteiger partial charge in [-0.1, -0.05) is 72.4 Å². The number of methoxy groups -OCH3 is 1. The number of carbonyl (C=O) groups excluding carboxylic acids is 4. The second kappa shape index (κ2) is 15.4. The minimum absolute atomic E-state index is 0.394. The molecular weight excluding hydrogens is 650 g/mol. The molecule has 0 aromatic heterocycles. The fourth-order valence-electron chi connectivity index (χ4n) is 5.95. The van der Waals surface area contributed by atoms with E-state index in [0.29, 0.717) is 34.3 Å². The minimum atomic E-state index is -1.40. The average molecular weight is 688 g/mol. The van der Waals surface area contributed by atoms with E-state index in [1.165, 1.54) is 32.5 Å². The maximum Gasteiger partial charge on any atom is 0.328 e. The lowest BCUT2D eigenvalue weighted by molar-refractivity contribution is -0.186. The fourth-order valence-corrected chi connectivity index (χ4v) is 7.51. The zero-order valence-electron chi connectivity index (χ0n) is 27.7. The Labute approximate surface area is 288 Å². The fraction of sp³-hybridized carbons (Fsp3) is 0.333. The Hall–Kier alpha value is -5.17. The molecule has 0 amide bonds. The summed E-state index contributed by atoms with van der Waals surface area (Å²) in [5.74, 6) is -2.96. The molecule has 12 nitrogen and oxygen atoms in total. The van der Waals surface area contributed by atoms with Gasteiger partial charge in [0.05, 0.1) is 23.7 Å². The number of benzene rings is 3. The summed E-state index contributed by atoms with van der Waals surface area (Å²) in [6.07, 6.45) is -3.94. The van der Waals surface area contributed by atoms with Gasteiger partial charge in [-0.2, -0.15) is 10.2 Å². The Morgan fingerprint density at radius 2 is 1.51 bits per heavy atom. The maximum absolute atomic E-state index is 14.4. The number of fused-ring (bicyclic) bond motifs is 1. The number of hydrogen-bond acceptors (Lipinski definition) is 13. The first kappa shape index (κ1) is 35.1. The molecular formula is C36H37N3O9S. The van der Waals surface area contributed by atoms with Crippen molar-refractivity contribution in [3.05, 3.63) is 107 Å². The lowest BCUT2D eigenvalue weighted by atomic mass is 9.79. The molecule has 1 saturated heterocycles. The summed E-state index contributed by atoms with van der Waals surface area (Å²) in [7, 11) is 3.46. The number of cyclic esters (lactones) is 1. The molecule has 0 radical (unpaired) electrons. The van der Waals surface area contributed by atoms with Gasteiger partial charge in [0.2, 0.25) is 0 Å². The van der Waals surface area contributed by atoms with E-state index >= 15 is 0 Å². The van der Waals surface area contributed by atoms with Gasteiger partial charge < -0.3 is 28.6 Å². The third kappa shape index (κ3) is 7.78. The van der Waals surface area contributed by atoms with Gasteiger partial charge in [-0.25, -0.2) is 0 Å². The van der Waals surface area contributed by atoms with Crippen LogP contribution in [0.4, 0.5) is 5.69 Å². The summed E-state index contributed by atoms with van der Waals surface area (Å²) >= 11 is 1.27. The van der Waals surface area contributed by atoms with Gasteiger partial charge >= 0.3 is 23.9 Å². The quantitative estimate of drug-likeness (QED) is 0.124. The highest BCUT2D eigenvalue weighted by atomic mass is 32.2. The van der Waals surface area contributed by atoms with Gasteiger partial charge in [0, 0.05) is 34.4 Å². The van der Waals surface area contributed by atoms with E-state index in [-0.39, 0.29) is 0 Å². The van der Waals surface area contributed by atoms with Crippen LogP contribution >= 0.6 is 11.8 Å². The van der Waals surface area contributed by atoms with Crippen LogP contribution in [-0.4, -0.2) is 67.9 Å². The van der Waals surface area contributed by atoms with E-state index in [1.54, 1.807) is 31.4 Å². The third-order valence-electron chi connectivity index (χ3n) is 8.00. The van der Waals surface area contributed by atoms with Crippen LogP contribution in [0.5, 0.6) is 5.75 Å². The van der Waals surface area contributed by atoms with Crippen molar-refractivity contribution in [3.8, 4) is 5.75 Å². The molecule has 2 heterocycles. The summed E-state index contributed by atoms with van der Waals surface area (Å²) < 4.78 is 26.6. The number of esters is 4. The topological polar surface area (TPSA) is 142 Å². The molecule has 0 bridgehead atoms. The molecule has 256 valence electrons. The lowest BCUT2D eigenvalue weighted by Gasteiger charge is -2.32. The molecule has 0 N–H and O–H groups in total. The van der Waals surface area contributed by atoms with Gasteiger partial charge in [-0.3, -0.25) is 19.2 Å². The molecule has 5 atom stereocenters. The predicted octanol–water partition coefficient (Wildman–Crippen LogP) is 5.69. The molecule has 0 saturated carbocycles. The summed E-state index contributed by atoms with van der Waals surface area (Å²) in [6, 6.07) is 25.9. The Morgan fingerprint density at radius 3 is 2.10 bits per heavy atom. The monoisotopic (exact) mass is 687 g/mol. The molecule has 13 heteroatoms. The number of nitrogens with zero attached hydrogens (tertiary/aromatic N) is 3. The molecule has 1 unspecified atom stereocenters. The maximum atomic E-state index is 14.4. The van der Waals surface area contributed by atoms with Crippen LogP contribution in [-0.2, 0) is 49.4 Å². The Bertz CT molecular complexity index is 1730. The van der Waals surface area contributed by atoms with Gasteiger partial charge in [-0.15, -0.1) is 0 Å². The van der Waals surface area contributed by atoms with Crippen molar-refractivity contribution >= 4 is 41.3 Å². The van der Waals surface area contributed by atoms with Crippen molar-refractivity contribution in [1.82, 2.24) is 4.90 Å². The normalized spacial score (nSPS) is 21.0. The first-order valence-corrected chi connectivity index (χ1v) is 16.3. The first-order chi connectivity index (χ1) is 23.5. The predicted molar refractivity (Wildman–Crippen MR) is 179 cm³/mol. The van der Waals surface area contributed by atoms with Crippen LogP contribution < -0.4 is 4.74 Å². The molecule has 3 aromatic carbocycles. The molecule has 1 fully saturated rings. The molecule has 49 heavy (non-hydrogen) atoms. The van der Waals surface area contributed by atoms with Gasteiger partial charge in [0.15, 0.2) is 23.1 Å². The molecule has 2 aliphatic heterocycles. The molecule has 3 aromatic rings. The third-order valence-corrected chi connectivity index (χ3v) is 9.69. The molecule has 0 spiro atoms. The number of azo groups is 1. The molecule has 5 rings (SSSR count). The van der Waals surface area contributed by atoms with Crippen molar-refractivity contribution in [1.29, 1.82) is 0 Å². The van der Waals surface area contributed by atoms with Crippen LogP contribution in [0.3, 0.4) is 0 Å². The Balaban J connectivity index is 1.70. The van der Waals surface area contributed by atoms with Crippen molar-refractivity contribution in [3.63, 3.8) is 0 Å². The summed E-state index contributed by atoms with van der Waals surface area (Å²) in [5, 5.41) is 9.99. The van der Waals surface area contributed by atoms with E-state index in [9.17, 15) is 19.2 Å². The highest BCUT2D eigenvalue weighted by Gasteiger charge is 2.68. The van der Waals surface area contributed by atoms with Gasteiger partial charge in [-0.05, 0) is 35.4 Å². The van der Waals surface area contributed by atoms with Crippen LogP contribution in [0.25, 0.3) is 0 Å². The average Bonchev–Trinajstić information content (AvgIpc) is 3.58. The zero-order chi connectivity index (χ0) is 35.1. The second-order valence-electron chi connectivity index (χ2n) is 11.5. The van der Waals surface area contributed by atoms with Gasteiger partial charge in [0.25, 0.3) is 0 Å². The number of hydrogen-bond donors (Lipinski definition) is 0. The Morgan fingerprint density at radius 1 is 0.878 bits per heavy atom. The van der Waals surface area contributed by atoms with E-state index in [2.05, 4.69) is 5.11 Å². The lowest BCUT2D eigenvalue weighted by Crippen LogP contribution is -2.49.